The van der Waals surface area contributed by atoms with Gasteiger partial charge in [0.05, 0.1) is 5.52 Å². The molecule has 0 spiro atoms. The summed E-state index contributed by atoms with van der Waals surface area (Å²) in [6, 6.07) is 33.2. The first-order valence-corrected chi connectivity index (χ1v) is 12.9. The smallest absolute Gasteiger partial charge is 0.255 e. The Balaban J connectivity index is 1.30. The molecule has 0 atom stereocenters. The average Bonchev–Trinajstić information content (AvgIpc) is 3.45. The summed E-state index contributed by atoms with van der Waals surface area (Å²) in [5.41, 5.74) is 4.78. The largest absolute Gasteiger partial charge is 0.454 e. The van der Waals surface area contributed by atoms with E-state index in [2.05, 4.69) is 34.9 Å². The van der Waals surface area contributed by atoms with Crippen LogP contribution in [0.1, 0.15) is 15.9 Å². The number of aromatic nitrogens is 2. The van der Waals surface area contributed by atoms with E-state index in [0.717, 1.165) is 38.5 Å². The van der Waals surface area contributed by atoms with Gasteiger partial charge in [-0.15, -0.1) is 0 Å². The number of carbonyl (C=O) groups is 1. The first-order valence-electron chi connectivity index (χ1n) is 12.9. The monoisotopic (exact) mass is 524 g/mol. The first-order chi connectivity index (χ1) is 19.6. The fourth-order valence-corrected chi connectivity index (χ4v) is 4.78. The van der Waals surface area contributed by atoms with Gasteiger partial charge in [0.2, 0.25) is 6.79 Å². The van der Waals surface area contributed by atoms with Crippen molar-refractivity contribution in [3.63, 3.8) is 0 Å². The minimum Gasteiger partial charge on any atom is -0.454 e. The predicted molar refractivity (Wildman–Crippen MR) is 157 cm³/mol. The lowest BCUT2D eigenvalue weighted by molar-refractivity contribution is 0.102. The topological polar surface area (TPSA) is 85.4 Å². The normalized spacial score (nSPS) is 12.0. The molecule has 0 fully saturated rings. The Labute approximate surface area is 230 Å². The fourth-order valence-electron chi connectivity index (χ4n) is 4.78. The van der Waals surface area contributed by atoms with E-state index in [9.17, 15) is 4.79 Å². The SMILES string of the molecule is Cc1ccc(C(=O)Nc2ccc3nc(-c4ccc5ccccc5c4)nc(Nc4ccc5c(c4)OCO5)c3c2)cc1. The molecular formula is C33H24N4O3. The summed E-state index contributed by atoms with van der Waals surface area (Å²) in [5.74, 6) is 2.40. The number of rotatable bonds is 5. The third-order valence-electron chi connectivity index (χ3n) is 6.91. The number of hydrogen-bond acceptors (Lipinski definition) is 6. The lowest BCUT2D eigenvalue weighted by Gasteiger charge is -2.13. The van der Waals surface area contributed by atoms with Crippen LogP contribution in [-0.2, 0) is 0 Å². The average molecular weight is 525 g/mol. The van der Waals surface area contributed by atoms with Gasteiger partial charge in [-0.3, -0.25) is 4.79 Å². The molecule has 0 unspecified atom stereocenters. The number of benzene rings is 5. The van der Waals surface area contributed by atoms with E-state index in [0.29, 0.717) is 34.4 Å². The van der Waals surface area contributed by atoms with Crippen molar-refractivity contribution in [1.29, 1.82) is 0 Å². The minimum absolute atomic E-state index is 0.182. The van der Waals surface area contributed by atoms with Crippen LogP contribution in [0.3, 0.4) is 0 Å². The second-order valence-corrected chi connectivity index (χ2v) is 9.70. The van der Waals surface area contributed by atoms with Crippen LogP contribution >= 0.6 is 0 Å². The Bertz CT molecular complexity index is 1920. The quantitative estimate of drug-likeness (QED) is 0.243. The second kappa shape index (κ2) is 9.71. The number of nitrogens with zero attached hydrogens (tertiary/aromatic N) is 2. The molecule has 6 aromatic rings. The van der Waals surface area contributed by atoms with Crippen LogP contribution in [-0.4, -0.2) is 22.7 Å². The van der Waals surface area contributed by atoms with E-state index in [-0.39, 0.29) is 12.7 Å². The van der Waals surface area contributed by atoms with Crippen molar-refractivity contribution in [2.75, 3.05) is 17.4 Å². The summed E-state index contributed by atoms with van der Waals surface area (Å²) in [5, 5.41) is 9.48. The van der Waals surface area contributed by atoms with Crippen molar-refractivity contribution < 1.29 is 14.3 Å². The zero-order chi connectivity index (χ0) is 27.1. The predicted octanol–water partition coefficient (Wildman–Crippen LogP) is 7.48. The molecule has 2 N–H and O–H groups in total. The minimum atomic E-state index is -0.182. The number of ether oxygens (including phenoxy) is 2. The van der Waals surface area contributed by atoms with Gasteiger partial charge in [-0.25, -0.2) is 9.97 Å². The maximum atomic E-state index is 12.9. The zero-order valence-electron chi connectivity index (χ0n) is 21.6. The van der Waals surface area contributed by atoms with E-state index in [1.165, 1.54) is 0 Å². The van der Waals surface area contributed by atoms with Crippen LogP contribution in [0, 0.1) is 6.92 Å². The van der Waals surface area contributed by atoms with Gasteiger partial charge in [-0.2, -0.15) is 0 Å². The van der Waals surface area contributed by atoms with Gasteiger partial charge in [0.1, 0.15) is 5.82 Å². The highest BCUT2D eigenvalue weighted by atomic mass is 16.7. The summed E-state index contributed by atoms with van der Waals surface area (Å²) in [7, 11) is 0. The Morgan fingerprint density at radius 2 is 1.55 bits per heavy atom. The first kappa shape index (κ1) is 23.7. The van der Waals surface area contributed by atoms with Crippen LogP contribution in [0.5, 0.6) is 11.5 Å². The van der Waals surface area contributed by atoms with Crippen molar-refractivity contribution in [1.82, 2.24) is 9.97 Å². The number of nitrogens with one attached hydrogen (secondary N) is 2. The number of amides is 1. The number of hydrogen-bond donors (Lipinski definition) is 2. The van der Waals surface area contributed by atoms with Crippen molar-refractivity contribution >= 4 is 44.8 Å². The third kappa shape index (κ3) is 4.54. The molecule has 194 valence electrons. The molecule has 0 saturated heterocycles. The Kier molecular flexibility index (Phi) is 5.74. The fraction of sp³-hybridized carbons (Fsp3) is 0.0606. The number of anilines is 3. The summed E-state index contributed by atoms with van der Waals surface area (Å²) in [6.45, 7) is 2.19. The van der Waals surface area contributed by atoms with Gasteiger partial charge in [0.25, 0.3) is 5.91 Å². The molecule has 5 aromatic carbocycles. The molecule has 1 aliphatic rings. The Morgan fingerprint density at radius 1 is 0.750 bits per heavy atom. The molecule has 1 aromatic heterocycles. The maximum absolute atomic E-state index is 12.9. The molecule has 2 heterocycles. The van der Waals surface area contributed by atoms with Crippen LogP contribution in [0.2, 0.25) is 0 Å². The number of aryl methyl sites for hydroxylation is 1. The molecule has 0 saturated carbocycles. The van der Waals surface area contributed by atoms with Gasteiger partial charge in [-0.1, -0.05) is 54.1 Å². The highest BCUT2D eigenvalue weighted by Crippen LogP contribution is 2.36. The lowest BCUT2D eigenvalue weighted by Crippen LogP contribution is -2.11. The van der Waals surface area contributed by atoms with Gasteiger partial charge in [0.15, 0.2) is 17.3 Å². The molecule has 1 aliphatic heterocycles. The van der Waals surface area contributed by atoms with E-state index >= 15 is 0 Å². The highest BCUT2D eigenvalue weighted by molar-refractivity contribution is 6.06. The summed E-state index contributed by atoms with van der Waals surface area (Å²) in [4.78, 5) is 22.7. The van der Waals surface area contributed by atoms with Crippen LogP contribution in [0.15, 0.2) is 103 Å². The van der Waals surface area contributed by atoms with Gasteiger partial charge in [-0.05, 0) is 66.2 Å². The molecule has 7 rings (SSSR count). The van der Waals surface area contributed by atoms with E-state index < -0.39 is 0 Å². The summed E-state index contributed by atoms with van der Waals surface area (Å²) in [6.07, 6.45) is 0. The Hall–Kier alpha value is -5.43. The van der Waals surface area contributed by atoms with Crippen LogP contribution < -0.4 is 20.1 Å². The lowest BCUT2D eigenvalue weighted by atomic mass is 10.1. The summed E-state index contributed by atoms with van der Waals surface area (Å²) < 4.78 is 11.0. The number of fused-ring (bicyclic) bond motifs is 3. The standard InChI is InChI=1S/C33H24N4O3/c1-20-6-8-22(9-7-20)33(38)35-25-12-14-28-27(17-25)32(34-26-13-15-29-30(18-26)40-19-39-29)37-31(36-28)24-11-10-21-4-2-3-5-23(21)16-24/h2-18H,19H2,1H3,(H,35,38)(H,34,36,37). The van der Waals surface area contributed by atoms with Gasteiger partial charge < -0.3 is 20.1 Å². The third-order valence-corrected chi connectivity index (χ3v) is 6.91. The highest BCUT2D eigenvalue weighted by Gasteiger charge is 2.16. The van der Waals surface area contributed by atoms with Crippen molar-refractivity contribution in [2.45, 2.75) is 6.92 Å². The molecule has 0 bridgehead atoms. The van der Waals surface area contributed by atoms with Crippen molar-refractivity contribution in [3.8, 4) is 22.9 Å². The zero-order valence-corrected chi connectivity index (χ0v) is 21.6. The molecule has 40 heavy (non-hydrogen) atoms. The van der Waals surface area contributed by atoms with Gasteiger partial charge >= 0.3 is 0 Å². The molecular weight excluding hydrogens is 500 g/mol. The Morgan fingerprint density at radius 3 is 2.42 bits per heavy atom. The second-order valence-electron chi connectivity index (χ2n) is 9.70. The van der Waals surface area contributed by atoms with Crippen molar-refractivity contribution in [2.24, 2.45) is 0 Å². The van der Waals surface area contributed by atoms with Crippen LogP contribution in [0.4, 0.5) is 17.2 Å². The van der Waals surface area contributed by atoms with Crippen molar-refractivity contribution in [3.05, 3.63) is 114 Å². The number of carbonyl (C=O) groups excluding carboxylic acids is 1. The maximum Gasteiger partial charge on any atom is 0.255 e. The molecule has 7 heteroatoms. The van der Waals surface area contributed by atoms with E-state index in [4.69, 9.17) is 19.4 Å². The molecule has 0 radical (unpaired) electrons. The van der Waals surface area contributed by atoms with E-state index in [1.54, 1.807) is 0 Å². The van der Waals surface area contributed by atoms with Gasteiger partial charge in [0, 0.05) is 34.0 Å². The summed E-state index contributed by atoms with van der Waals surface area (Å²) >= 11 is 0. The van der Waals surface area contributed by atoms with E-state index in [1.807, 2.05) is 85.8 Å². The molecule has 1 amide bonds. The van der Waals surface area contributed by atoms with Crippen LogP contribution in [0.25, 0.3) is 33.1 Å². The molecule has 0 aliphatic carbocycles. The molecule has 7 nitrogen and oxygen atoms in total.